The molecule has 114 valence electrons. The Kier molecular flexibility index (Phi) is 4.55. The highest BCUT2D eigenvalue weighted by molar-refractivity contribution is 5.85. The average Bonchev–Trinajstić information content (AvgIpc) is 2.41. The number of hydrogen-bond donors (Lipinski definition) is 1. The zero-order valence-corrected chi connectivity index (χ0v) is 11.7. The van der Waals surface area contributed by atoms with Gasteiger partial charge in [-0.3, -0.25) is 4.79 Å². The van der Waals surface area contributed by atoms with Crippen LogP contribution in [-0.4, -0.2) is 34.5 Å². The molecule has 0 bridgehead atoms. The van der Waals surface area contributed by atoms with Crippen LogP contribution in [-0.2, 0) is 16.0 Å². The number of likely N-dealkylation sites (tertiary alicyclic amines) is 1. The van der Waals surface area contributed by atoms with E-state index >= 15 is 0 Å². The molecule has 0 aromatic heterocycles. The van der Waals surface area contributed by atoms with Crippen molar-refractivity contribution in [3.05, 3.63) is 35.4 Å². The normalized spacial score (nSPS) is 22.1. The molecule has 1 aliphatic rings. The zero-order chi connectivity index (χ0) is 15.6. The Balaban J connectivity index is 2.13. The lowest BCUT2D eigenvalue weighted by molar-refractivity contribution is -0.152. The minimum atomic E-state index is -1.05. The van der Waals surface area contributed by atoms with Crippen molar-refractivity contribution in [1.29, 1.82) is 0 Å². The number of aliphatic carboxylic acids is 1. The van der Waals surface area contributed by atoms with E-state index < -0.39 is 29.6 Å². The predicted molar refractivity (Wildman–Crippen MR) is 71.6 cm³/mol. The van der Waals surface area contributed by atoms with Crippen molar-refractivity contribution in [2.75, 3.05) is 6.54 Å². The van der Waals surface area contributed by atoms with E-state index in [9.17, 15) is 23.5 Å². The van der Waals surface area contributed by atoms with Gasteiger partial charge >= 0.3 is 5.97 Å². The lowest BCUT2D eigenvalue weighted by Crippen LogP contribution is -2.50. The maximum Gasteiger partial charge on any atom is 0.326 e. The summed E-state index contributed by atoms with van der Waals surface area (Å²) in [7, 11) is 0. The quantitative estimate of drug-likeness (QED) is 0.930. The highest BCUT2D eigenvalue weighted by Gasteiger charge is 2.34. The third kappa shape index (κ3) is 3.56. The van der Waals surface area contributed by atoms with Gasteiger partial charge in [-0.05, 0) is 30.4 Å². The van der Waals surface area contributed by atoms with Gasteiger partial charge in [0.25, 0.3) is 0 Å². The Morgan fingerprint density at radius 2 is 2.10 bits per heavy atom. The number of benzene rings is 1. The second-order valence-corrected chi connectivity index (χ2v) is 5.48. The van der Waals surface area contributed by atoms with E-state index in [1.807, 2.05) is 6.92 Å². The molecule has 1 fully saturated rings. The molecule has 0 saturated carbocycles. The number of halogens is 2. The Morgan fingerprint density at radius 3 is 2.71 bits per heavy atom. The molecule has 1 aliphatic heterocycles. The van der Waals surface area contributed by atoms with Crippen LogP contribution in [0.25, 0.3) is 0 Å². The summed E-state index contributed by atoms with van der Waals surface area (Å²) in [4.78, 5) is 24.8. The van der Waals surface area contributed by atoms with E-state index in [0.717, 1.165) is 18.6 Å². The van der Waals surface area contributed by atoms with E-state index in [4.69, 9.17) is 0 Å². The van der Waals surface area contributed by atoms with E-state index in [2.05, 4.69) is 0 Å². The van der Waals surface area contributed by atoms with Gasteiger partial charge in [0.05, 0.1) is 6.42 Å². The van der Waals surface area contributed by atoms with Gasteiger partial charge in [-0.1, -0.05) is 13.0 Å². The van der Waals surface area contributed by atoms with Gasteiger partial charge in [-0.15, -0.1) is 0 Å². The van der Waals surface area contributed by atoms with Crippen LogP contribution >= 0.6 is 0 Å². The lowest BCUT2D eigenvalue weighted by Gasteiger charge is -2.36. The van der Waals surface area contributed by atoms with Crippen molar-refractivity contribution < 1.29 is 23.5 Å². The second kappa shape index (κ2) is 6.20. The van der Waals surface area contributed by atoms with Crippen LogP contribution in [0.4, 0.5) is 8.78 Å². The molecule has 6 heteroatoms. The Bertz CT molecular complexity index is 562. The van der Waals surface area contributed by atoms with Crippen molar-refractivity contribution in [2.45, 2.75) is 32.2 Å². The molecule has 0 spiro atoms. The number of carbonyl (C=O) groups is 2. The average molecular weight is 297 g/mol. The van der Waals surface area contributed by atoms with Crippen LogP contribution in [0.5, 0.6) is 0 Å². The summed E-state index contributed by atoms with van der Waals surface area (Å²) in [5.74, 6) is -2.76. The number of piperidine rings is 1. The first kappa shape index (κ1) is 15.4. The molecule has 2 unspecified atom stereocenters. The van der Waals surface area contributed by atoms with Gasteiger partial charge in [-0.2, -0.15) is 0 Å². The summed E-state index contributed by atoms with van der Waals surface area (Å²) in [5.41, 5.74) is 0.0733. The van der Waals surface area contributed by atoms with Crippen molar-refractivity contribution in [1.82, 2.24) is 4.90 Å². The Morgan fingerprint density at radius 1 is 1.38 bits per heavy atom. The van der Waals surface area contributed by atoms with Crippen molar-refractivity contribution >= 4 is 11.9 Å². The van der Waals surface area contributed by atoms with Crippen LogP contribution in [0.3, 0.4) is 0 Å². The minimum absolute atomic E-state index is 0.0733. The van der Waals surface area contributed by atoms with Gasteiger partial charge in [-0.25, -0.2) is 13.6 Å². The molecule has 1 saturated heterocycles. The smallest absolute Gasteiger partial charge is 0.326 e. The van der Waals surface area contributed by atoms with Gasteiger partial charge in [0.1, 0.15) is 17.7 Å². The predicted octanol–water partition coefficient (Wildman–Crippen LogP) is 2.22. The topological polar surface area (TPSA) is 57.6 Å². The summed E-state index contributed by atoms with van der Waals surface area (Å²) >= 11 is 0. The summed E-state index contributed by atoms with van der Waals surface area (Å²) in [5, 5.41) is 9.21. The lowest BCUT2D eigenvalue weighted by atomic mass is 9.92. The third-order valence-corrected chi connectivity index (χ3v) is 3.83. The van der Waals surface area contributed by atoms with E-state index in [1.165, 1.54) is 11.0 Å². The molecular formula is C15H17F2NO3. The number of carboxylic acids is 1. The number of carbonyl (C=O) groups excluding carboxylic acids is 1. The Labute approximate surface area is 121 Å². The molecule has 4 nitrogen and oxygen atoms in total. The summed E-state index contributed by atoms with van der Waals surface area (Å²) < 4.78 is 26.4. The minimum Gasteiger partial charge on any atom is -0.480 e. The maximum absolute atomic E-state index is 13.6. The van der Waals surface area contributed by atoms with Crippen LogP contribution in [0.2, 0.25) is 0 Å². The van der Waals surface area contributed by atoms with Crippen molar-refractivity contribution in [2.24, 2.45) is 5.92 Å². The fraction of sp³-hybridized carbons (Fsp3) is 0.467. The fourth-order valence-electron chi connectivity index (χ4n) is 2.60. The van der Waals surface area contributed by atoms with E-state index in [-0.39, 0.29) is 17.9 Å². The molecular weight excluding hydrogens is 280 g/mol. The first-order chi connectivity index (χ1) is 9.88. The summed E-state index contributed by atoms with van der Waals surface area (Å²) in [6.45, 7) is 2.29. The van der Waals surface area contributed by atoms with Crippen LogP contribution in [0.15, 0.2) is 18.2 Å². The van der Waals surface area contributed by atoms with Gasteiger partial charge in [0.15, 0.2) is 0 Å². The third-order valence-electron chi connectivity index (χ3n) is 3.83. The molecule has 1 aromatic carbocycles. The van der Waals surface area contributed by atoms with Gasteiger partial charge < -0.3 is 10.0 Å². The first-order valence-electron chi connectivity index (χ1n) is 6.84. The summed E-state index contributed by atoms with van der Waals surface area (Å²) in [6, 6.07) is 2.14. The van der Waals surface area contributed by atoms with Crippen molar-refractivity contribution in [3.63, 3.8) is 0 Å². The van der Waals surface area contributed by atoms with Gasteiger partial charge in [0, 0.05) is 12.6 Å². The number of amides is 1. The maximum atomic E-state index is 13.6. The molecule has 1 N–H and O–H groups in total. The monoisotopic (exact) mass is 297 g/mol. The molecule has 21 heavy (non-hydrogen) atoms. The molecule has 1 heterocycles. The molecule has 0 aliphatic carbocycles. The standard InChI is InChI=1S/C15H17F2NO3/c1-9-4-5-18(13(6-9)15(20)21)14(19)7-10-2-3-11(16)8-12(10)17/h2-3,8-9,13H,4-7H2,1H3,(H,20,21). The number of rotatable bonds is 3. The molecule has 0 radical (unpaired) electrons. The van der Waals surface area contributed by atoms with Crippen LogP contribution in [0.1, 0.15) is 25.3 Å². The number of carboxylic acid groups (broad SMARTS) is 1. The molecule has 1 amide bonds. The largest absolute Gasteiger partial charge is 0.480 e. The highest BCUT2D eigenvalue weighted by atomic mass is 19.1. The van der Waals surface area contributed by atoms with E-state index in [0.29, 0.717) is 13.0 Å². The second-order valence-electron chi connectivity index (χ2n) is 5.48. The number of hydrogen-bond acceptors (Lipinski definition) is 2. The highest BCUT2D eigenvalue weighted by Crippen LogP contribution is 2.24. The Hall–Kier alpha value is -1.98. The SMILES string of the molecule is CC1CCN(C(=O)Cc2ccc(F)cc2F)C(C(=O)O)C1. The molecule has 2 rings (SSSR count). The molecule has 2 atom stereocenters. The molecule has 1 aromatic rings. The fourth-order valence-corrected chi connectivity index (χ4v) is 2.60. The first-order valence-corrected chi connectivity index (χ1v) is 6.84. The number of nitrogens with zero attached hydrogens (tertiary/aromatic N) is 1. The van der Waals surface area contributed by atoms with Crippen LogP contribution in [0, 0.1) is 17.6 Å². The van der Waals surface area contributed by atoms with Crippen molar-refractivity contribution in [3.8, 4) is 0 Å². The van der Waals surface area contributed by atoms with E-state index in [1.54, 1.807) is 0 Å². The summed E-state index contributed by atoms with van der Waals surface area (Å²) in [6.07, 6.45) is 0.860. The zero-order valence-electron chi connectivity index (χ0n) is 11.7. The van der Waals surface area contributed by atoms with Gasteiger partial charge in [0.2, 0.25) is 5.91 Å². The van der Waals surface area contributed by atoms with Crippen LogP contribution < -0.4 is 0 Å².